The summed E-state index contributed by atoms with van der Waals surface area (Å²) in [5, 5.41) is 5.48. The maximum Gasteiger partial charge on any atom is 0.224 e. The molecule has 2 aromatic rings. The van der Waals surface area contributed by atoms with Gasteiger partial charge in [0, 0.05) is 16.3 Å². The quantitative estimate of drug-likeness (QED) is 0.662. The molecule has 6 heteroatoms. The molecule has 22 heavy (non-hydrogen) atoms. The molecule has 1 aromatic carbocycles. The molecule has 1 amide bonds. The number of carbonyl (C=O) groups is 1. The number of rotatable bonds is 7. The molecular formula is C16H17BrClNO2S. The van der Waals surface area contributed by atoms with E-state index in [1.165, 1.54) is 4.88 Å². The minimum Gasteiger partial charge on any atom is -0.491 e. The van der Waals surface area contributed by atoms with Gasteiger partial charge in [-0.1, -0.05) is 17.7 Å². The number of amides is 1. The Morgan fingerprint density at radius 1 is 1.45 bits per heavy atom. The summed E-state index contributed by atoms with van der Waals surface area (Å²) in [6.07, 6.45) is 2.20. The molecule has 2 rings (SSSR count). The molecule has 0 saturated heterocycles. The van der Waals surface area contributed by atoms with E-state index in [4.69, 9.17) is 16.3 Å². The molecule has 0 aliphatic carbocycles. The van der Waals surface area contributed by atoms with Crippen molar-refractivity contribution in [1.82, 2.24) is 0 Å². The second-order valence-electron chi connectivity index (χ2n) is 4.68. The number of hydrogen-bond acceptors (Lipinski definition) is 3. The number of nitrogens with one attached hydrogen (secondary N) is 1. The van der Waals surface area contributed by atoms with Crippen molar-refractivity contribution < 1.29 is 9.53 Å². The predicted octanol–water partition coefficient (Wildman–Crippen LogP) is 5.52. The summed E-state index contributed by atoms with van der Waals surface area (Å²) in [6, 6.07) is 7.56. The fraction of sp³-hybridized carbons (Fsp3) is 0.312. The first kappa shape index (κ1) is 17.3. The highest BCUT2D eigenvalue weighted by Gasteiger charge is 2.13. The normalized spacial score (nSPS) is 10.5. The summed E-state index contributed by atoms with van der Waals surface area (Å²) in [5.74, 6) is 0.574. The molecule has 0 fully saturated rings. The molecule has 1 N–H and O–H groups in total. The van der Waals surface area contributed by atoms with Crippen LogP contribution in [0.1, 0.15) is 24.6 Å². The largest absolute Gasteiger partial charge is 0.491 e. The maximum absolute atomic E-state index is 12.1. The van der Waals surface area contributed by atoms with Crippen LogP contribution in [0.5, 0.6) is 5.75 Å². The molecule has 0 atom stereocenters. The van der Waals surface area contributed by atoms with E-state index in [0.29, 0.717) is 29.5 Å². The first-order valence-corrected chi connectivity index (χ1v) is 9.09. The monoisotopic (exact) mass is 401 g/mol. The minimum absolute atomic E-state index is 0.0355. The van der Waals surface area contributed by atoms with Crippen LogP contribution in [0.15, 0.2) is 34.1 Å². The standard InChI is InChI=1S/C16H17BrClNO2S/c1-2-21-16-13(17)9-11(18)10-14(16)19-15(20)7-3-5-12-6-4-8-22-12/h4,6,8-10H,2-3,5,7H2,1H3,(H,19,20). The van der Waals surface area contributed by atoms with E-state index in [2.05, 4.69) is 27.3 Å². The van der Waals surface area contributed by atoms with E-state index in [-0.39, 0.29) is 5.91 Å². The van der Waals surface area contributed by atoms with E-state index in [9.17, 15) is 4.79 Å². The Kier molecular flexibility index (Phi) is 6.73. The van der Waals surface area contributed by atoms with Gasteiger partial charge in [0.25, 0.3) is 0 Å². The van der Waals surface area contributed by atoms with E-state index in [0.717, 1.165) is 17.3 Å². The first-order chi connectivity index (χ1) is 10.6. The minimum atomic E-state index is -0.0355. The van der Waals surface area contributed by atoms with Crippen LogP contribution in [0.25, 0.3) is 0 Å². The molecule has 0 saturated carbocycles. The fourth-order valence-electron chi connectivity index (χ4n) is 2.03. The zero-order valence-electron chi connectivity index (χ0n) is 12.2. The third kappa shape index (κ3) is 5.00. The van der Waals surface area contributed by atoms with Crippen molar-refractivity contribution in [3.05, 3.63) is 44.0 Å². The molecule has 0 aliphatic rings. The number of thiophene rings is 1. The topological polar surface area (TPSA) is 38.3 Å². The number of benzene rings is 1. The average Bonchev–Trinajstić information content (AvgIpc) is 2.96. The number of anilines is 1. The van der Waals surface area contributed by atoms with Crippen LogP contribution >= 0.6 is 38.9 Å². The highest BCUT2D eigenvalue weighted by molar-refractivity contribution is 9.10. The van der Waals surface area contributed by atoms with Crippen molar-refractivity contribution in [2.45, 2.75) is 26.2 Å². The van der Waals surface area contributed by atoms with Crippen molar-refractivity contribution in [2.75, 3.05) is 11.9 Å². The van der Waals surface area contributed by atoms with Crippen molar-refractivity contribution in [1.29, 1.82) is 0 Å². The number of carbonyl (C=O) groups excluding carboxylic acids is 1. The van der Waals surface area contributed by atoms with Gasteiger partial charge in [-0.25, -0.2) is 0 Å². The van der Waals surface area contributed by atoms with Gasteiger partial charge in [-0.3, -0.25) is 4.79 Å². The van der Waals surface area contributed by atoms with Crippen molar-refractivity contribution in [3.63, 3.8) is 0 Å². The molecule has 3 nitrogen and oxygen atoms in total. The molecule has 0 radical (unpaired) electrons. The van der Waals surface area contributed by atoms with Gasteiger partial charge >= 0.3 is 0 Å². The van der Waals surface area contributed by atoms with E-state index >= 15 is 0 Å². The van der Waals surface area contributed by atoms with Crippen LogP contribution in [0.2, 0.25) is 5.02 Å². The third-order valence-corrected chi connectivity index (χ3v) is 4.72. The number of halogens is 2. The maximum atomic E-state index is 12.1. The van der Waals surface area contributed by atoms with Gasteiger partial charge in [0.2, 0.25) is 5.91 Å². The van der Waals surface area contributed by atoms with Crippen LogP contribution in [0, 0.1) is 0 Å². The molecule has 0 unspecified atom stereocenters. The predicted molar refractivity (Wildman–Crippen MR) is 96.2 cm³/mol. The Bertz CT molecular complexity index is 631. The second-order valence-corrected chi connectivity index (χ2v) is 7.00. The lowest BCUT2D eigenvalue weighted by molar-refractivity contribution is -0.116. The van der Waals surface area contributed by atoms with Crippen LogP contribution in [0.3, 0.4) is 0 Å². The van der Waals surface area contributed by atoms with E-state index in [1.54, 1.807) is 23.5 Å². The average molecular weight is 403 g/mol. The Balaban J connectivity index is 1.95. The van der Waals surface area contributed by atoms with Crippen molar-refractivity contribution >= 4 is 50.5 Å². The molecule has 1 aromatic heterocycles. The van der Waals surface area contributed by atoms with Gasteiger partial charge in [0.05, 0.1) is 16.8 Å². The van der Waals surface area contributed by atoms with Gasteiger partial charge < -0.3 is 10.1 Å². The second kappa shape index (κ2) is 8.56. The van der Waals surface area contributed by atoms with Crippen LogP contribution in [0.4, 0.5) is 5.69 Å². The molecule has 118 valence electrons. The van der Waals surface area contributed by atoms with Crippen molar-refractivity contribution in [2.24, 2.45) is 0 Å². The summed E-state index contributed by atoms with van der Waals surface area (Å²) in [5.41, 5.74) is 0.599. The Morgan fingerprint density at radius 2 is 2.27 bits per heavy atom. The number of hydrogen-bond donors (Lipinski definition) is 1. The van der Waals surface area contributed by atoms with Gasteiger partial charge in [0.1, 0.15) is 0 Å². The molecule has 0 spiro atoms. The van der Waals surface area contributed by atoms with Gasteiger partial charge in [0.15, 0.2) is 5.75 Å². The van der Waals surface area contributed by atoms with Crippen LogP contribution in [-0.2, 0) is 11.2 Å². The van der Waals surface area contributed by atoms with Crippen LogP contribution in [-0.4, -0.2) is 12.5 Å². The lowest BCUT2D eigenvalue weighted by Crippen LogP contribution is -2.13. The van der Waals surface area contributed by atoms with Crippen LogP contribution < -0.4 is 10.1 Å². The van der Waals surface area contributed by atoms with Crippen molar-refractivity contribution in [3.8, 4) is 5.75 Å². The summed E-state index contributed by atoms with van der Waals surface area (Å²) in [7, 11) is 0. The Hall–Kier alpha value is -1.04. The number of ether oxygens (including phenoxy) is 1. The first-order valence-electron chi connectivity index (χ1n) is 7.04. The fourth-order valence-corrected chi connectivity index (χ4v) is 3.71. The highest BCUT2D eigenvalue weighted by atomic mass is 79.9. The summed E-state index contributed by atoms with van der Waals surface area (Å²) >= 11 is 11.2. The molecule has 1 heterocycles. The Morgan fingerprint density at radius 3 is 2.95 bits per heavy atom. The summed E-state index contributed by atoms with van der Waals surface area (Å²) < 4.78 is 6.30. The van der Waals surface area contributed by atoms with Gasteiger partial charge in [-0.05, 0) is 59.3 Å². The summed E-state index contributed by atoms with van der Waals surface area (Å²) in [6.45, 7) is 2.41. The zero-order chi connectivity index (χ0) is 15.9. The number of aryl methyl sites for hydroxylation is 1. The van der Waals surface area contributed by atoms with Gasteiger partial charge in [-0.2, -0.15) is 0 Å². The lowest BCUT2D eigenvalue weighted by Gasteiger charge is -2.13. The molecule has 0 bridgehead atoms. The smallest absolute Gasteiger partial charge is 0.224 e. The van der Waals surface area contributed by atoms with E-state index in [1.807, 2.05) is 18.4 Å². The van der Waals surface area contributed by atoms with E-state index < -0.39 is 0 Å². The summed E-state index contributed by atoms with van der Waals surface area (Å²) in [4.78, 5) is 13.4. The SMILES string of the molecule is CCOc1c(Br)cc(Cl)cc1NC(=O)CCCc1cccs1. The van der Waals surface area contributed by atoms with Gasteiger partial charge in [-0.15, -0.1) is 11.3 Å². The Labute approximate surface area is 147 Å². The third-order valence-electron chi connectivity index (χ3n) is 2.98. The zero-order valence-corrected chi connectivity index (χ0v) is 15.4. The highest BCUT2D eigenvalue weighted by Crippen LogP contribution is 2.36. The lowest BCUT2D eigenvalue weighted by atomic mass is 10.2. The molecular weight excluding hydrogens is 386 g/mol. The molecule has 0 aliphatic heterocycles.